The summed E-state index contributed by atoms with van der Waals surface area (Å²) in [6, 6.07) is 0. The fourth-order valence-corrected chi connectivity index (χ4v) is 1.48. The topological polar surface area (TPSA) is 61.8 Å². The minimum Gasteiger partial charge on any atom is -0.444 e. The molecule has 0 saturated heterocycles. The highest BCUT2D eigenvalue weighted by atomic mass is 32.3. The Morgan fingerprint density at radius 2 is 0.633 bits per heavy atom. The third kappa shape index (κ3) is 4.87. The smallest absolute Gasteiger partial charge is 0.444 e. The van der Waals surface area contributed by atoms with E-state index < -0.39 is 80.1 Å². The molecule has 0 N–H and O–H groups in total. The molecule has 168 valence electrons. The predicted molar refractivity (Wildman–Crippen MR) is 65.8 cm³/mol. The first kappa shape index (κ1) is 25.3. The Balaban J connectivity index is 0.000000553. The van der Waals surface area contributed by atoms with Gasteiger partial charge in [-0.25, -0.2) is 26.3 Å². The molecule has 0 saturated carbocycles. The molecule has 18 heteroatoms. The van der Waals surface area contributed by atoms with Crippen LogP contribution in [0, 0.1) is 58.2 Å². The van der Waals surface area contributed by atoms with Crippen LogP contribution < -0.4 is 4.74 Å². The minimum atomic E-state index is -4.99. The van der Waals surface area contributed by atoms with Crippen LogP contribution >= 0.6 is 0 Å². The van der Waals surface area contributed by atoms with Gasteiger partial charge in [0.1, 0.15) is 0 Å². The Labute approximate surface area is 156 Å². The zero-order valence-electron chi connectivity index (χ0n) is 13.0. The van der Waals surface area contributed by atoms with E-state index in [1.807, 2.05) is 8.78 Å². The van der Waals surface area contributed by atoms with Gasteiger partial charge in [0, 0.05) is 0 Å². The summed E-state index contributed by atoms with van der Waals surface area (Å²) < 4.78 is 177. The maximum atomic E-state index is 13.3. The molecule has 2 rings (SSSR count). The van der Waals surface area contributed by atoms with Crippen LogP contribution in [0.4, 0.5) is 53.0 Å². The minimum absolute atomic E-state index is 1.96. The molecule has 0 amide bonds. The van der Waals surface area contributed by atoms with E-state index in [0.717, 1.165) is 0 Å². The molecule has 0 unspecified atom stereocenters. The maximum Gasteiger partial charge on any atom is 0.461 e. The second-order valence-corrected chi connectivity index (χ2v) is 5.50. The number of rotatable bonds is 4. The van der Waals surface area contributed by atoms with Crippen LogP contribution in [0.2, 0.25) is 0 Å². The summed E-state index contributed by atoms with van der Waals surface area (Å²) in [7, 11) is -4.99. The molecule has 30 heavy (non-hydrogen) atoms. The van der Waals surface area contributed by atoms with Crippen molar-refractivity contribution in [3.63, 3.8) is 0 Å². The predicted octanol–water partition coefficient (Wildman–Crippen LogP) is 4.90. The summed E-state index contributed by atoms with van der Waals surface area (Å²) in [6.07, 6.45) is 0. The highest BCUT2D eigenvalue weighted by Gasteiger charge is 2.32. The van der Waals surface area contributed by atoms with Crippen molar-refractivity contribution in [1.82, 2.24) is 0 Å². The first-order valence-corrected chi connectivity index (χ1v) is 7.61. The average Bonchev–Trinajstić information content (AvgIpc) is 2.73. The van der Waals surface area contributed by atoms with Gasteiger partial charge in [0.25, 0.3) is 0 Å². The molecule has 0 atom stereocenters. The third-order valence-corrected chi connectivity index (χ3v) is 3.01. The SMILES string of the molecule is Fc1c(F)c(F)c(Oc2c(F)c(F)c(F)c(F)c2F)c(F)c1F.O=S(=O)(OF)OF. The van der Waals surface area contributed by atoms with E-state index in [-0.39, 0.29) is 0 Å². The Kier molecular flexibility index (Phi) is 7.92. The summed E-state index contributed by atoms with van der Waals surface area (Å²) in [4.78, 5) is 0. The van der Waals surface area contributed by atoms with E-state index >= 15 is 0 Å². The molecule has 5 nitrogen and oxygen atoms in total. The number of hydrogen-bond acceptors (Lipinski definition) is 5. The molecule has 0 fully saturated rings. The van der Waals surface area contributed by atoms with E-state index in [1.165, 1.54) is 0 Å². The lowest BCUT2D eigenvalue weighted by atomic mass is 10.2. The molecule has 2 aromatic carbocycles. The molecule has 0 aliphatic heterocycles. The molecule has 0 aliphatic carbocycles. The second kappa shape index (κ2) is 9.39. The van der Waals surface area contributed by atoms with Crippen molar-refractivity contribution >= 4 is 10.4 Å². The first-order valence-electron chi connectivity index (χ1n) is 6.27. The van der Waals surface area contributed by atoms with Gasteiger partial charge < -0.3 is 4.74 Å². The largest absolute Gasteiger partial charge is 0.461 e. The number of halogens is 12. The van der Waals surface area contributed by atoms with Gasteiger partial charge in [-0.3, -0.25) is 0 Å². The lowest BCUT2D eigenvalue weighted by Crippen LogP contribution is -2.08. The van der Waals surface area contributed by atoms with Crippen molar-refractivity contribution in [1.29, 1.82) is 0 Å². The second-order valence-electron chi connectivity index (χ2n) is 4.43. The molecule has 0 bridgehead atoms. The summed E-state index contributed by atoms with van der Waals surface area (Å²) in [5.41, 5.74) is 0. The lowest BCUT2D eigenvalue weighted by Gasteiger charge is -2.12. The maximum absolute atomic E-state index is 13.3. The monoisotopic (exact) mass is 484 g/mol. The van der Waals surface area contributed by atoms with E-state index in [2.05, 4.69) is 4.74 Å². The van der Waals surface area contributed by atoms with Gasteiger partial charge in [0.15, 0.2) is 0 Å². The van der Waals surface area contributed by atoms with Crippen LogP contribution in [0.5, 0.6) is 11.5 Å². The van der Waals surface area contributed by atoms with Gasteiger partial charge in [0.05, 0.1) is 0 Å². The Morgan fingerprint density at radius 1 is 0.433 bits per heavy atom. The molecule has 0 aliphatic rings. The van der Waals surface area contributed by atoms with Crippen LogP contribution in [0.3, 0.4) is 0 Å². The van der Waals surface area contributed by atoms with Crippen molar-refractivity contribution in [2.24, 2.45) is 0 Å². The number of ether oxygens (including phenoxy) is 1. The van der Waals surface area contributed by atoms with Gasteiger partial charge >= 0.3 is 10.4 Å². The third-order valence-electron chi connectivity index (χ3n) is 2.70. The highest BCUT2D eigenvalue weighted by molar-refractivity contribution is 7.81. The first-order chi connectivity index (χ1) is 13.7. The quantitative estimate of drug-likeness (QED) is 0.351. The zero-order chi connectivity index (χ0) is 23.5. The molecule has 0 spiro atoms. The fourth-order valence-electron chi connectivity index (χ4n) is 1.46. The summed E-state index contributed by atoms with van der Waals surface area (Å²) in [5.74, 6) is -30.5. The van der Waals surface area contributed by atoms with Crippen molar-refractivity contribution in [3.8, 4) is 11.5 Å². The van der Waals surface area contributed by atoms with Crippen molar-refractivity contribution < 1.29 is 74.9 Å². The summed E-state index contributed by atoms with van der Waals surface area (Å²) in [6.45, 7) is 0. The van der Waals surface area contributed by atoms with Gasteiger partial charge in [0.2, 0.25) is 69.7 Å². The van der Waals surface area contributed by atoms with E-state index in [4.69, 9.17) is 0 Å². The van der Waals surface area contributed by atoms with Crippen LogP contribution in [-0.4, -0.2) is 8.42 Å². The van der Waals surface area contributed by atoms with Crippen LogP contribution in [0.15, 0.2) is 0 Å². The van der Waals surface area contributed by atoms with Crippen LogP contribution in [0.25, 0.3) is 0 Å². The summed E-state index contributed by atoms with van der Waals surface area (Å²) in [5, 5.41) is 0. The van der Waals surface area contributed by atoms with Crippen molar-refractivity contribution in [2.75, 3.05) is 0 Å². The highest BCUT2D eigenvalue weighted by Crippen LogP contribution is 2.37. The Morgan fingerprint density at radius 3 is 0.800 bits per heavy atom. The number of hydrogen-bond donors (Lipinski definition) is 0. The van der Waals surface area contributed by atoms with E-state index in [0.29, 0.717) is 0 Å². The Hall–Kier alpha value is -2.73. The van der Waals surface area contributed by atoms with Crippen molar-refractivity contribution in [3.05, 3.63) is 58.2 Å². The standard InChI is InChI=1S/C12F10O.F2O4S/c13-1-3(15)7(19)11(8(20)4(1)16)23-12-9(21)5(17)2(14)6(18)10(12)22;1-5-7(3,4)6-2. The summed E-state index contributed by atoms with van der Waals surface area (Å²) >= 11 is 0. The molecule has 2 aromatic rings. The average molecular weight is 484 g/mol. The Bertz CT molecular complexity index is 939. The molecule has 0 heterocycles. The molecular formula is C12F12O5S. The van der Waals surface area contributed by atoms with Gasteiger partial charge in [-0.1, -0.05) is 0 Å². The molecule has 0 aromatic heterocycles. The van der Waals surface area contributed by atoms with Gasteiger partial charge in [-0.05, 0) is 17.8 Å². The molecule has 0 radical (unpaired) electrons. The van der Waals surface area contributed by atoms with Gasteiger partial charge in [-0.15, -0.1) is 0 Å². The zero-order valence-corrected chi connectivity index (χ0v) is 13.8. The molecular weight excluding hydrogens is 484 g/mol. The normalized spacial score (nSPS) is 11.2. The van der Waals surface area contributed by atoms with Gasteiger partial charge in [-0.2, -0.15) is 26.0 Å². The lowest BCUT2D eigenvalue weighted by molar-refractivity contribution is -0.0770. The van der Waals surface area contributed by atoms with Crippen molar-refractivity contribution in [2.45, 2.75) is 0 Å². The van der Waals surface area contributed by atoms with Crippen LogP contribution in [0.1, 0.15) is 0 Å². The number of benzene rings is 2. The fraction of sp³-hybridized carbons (Fsp3) is 0. The van der Waals surface area contributed by atoms with Crippen LogP contribution in [-0.2, 0) is 19.2 Å². The van der Waals surface area contributed by atoms with E-state index in [9.17, 15) is 61.4 Å². The van der Waals surface area contributed by atoms with E-state index in [1.54, 1.807) is 0 Å².